The fourth-order valence-electron chi connectivity index (χ4n) is 2.38. The number of rotatable bonds is 10. The van der Waals surface area contributed by atoms with Crippen molar-refractivity contribution in [1.29, 1.82) is 0 Å². The van der Waals surface area contributed by atoms with Gasteiger partial charge in [0.1, 0.15) is 23.9 Å². The third kappa shape index (κ3) is 6.49. The van der Waals surface area contributed by atoms with Gasteiger partial charge in [-0.25, -0.2) is 0 Å². The molecular weight excluding hydrogens is 370 g/mol. The number of amides is 1. The van der Waals surface area contributed by atoms with Crippen molar-refractivity contribution in [2.45, 2.75) is 12.8 Å². The van der Waals surface area contributed by atoms with Crippen LogP contribution in [0.2, 0.25) is 5.02 Å². The predicted octanol–water partition coefficient (Wildman–Crippen LogP) is 3.52. The second-order valence-corrected chi connectivity index (χ2v) is 6.08. The minimum Gasteiger partial charge on any atom is -0.497 e. The Labute approximate surface area is 163 Å². The molecule has 1 amide bonds. The van der Waals surface area contributed by atoms with Crippen molar-refractivity contribution in [2.24, 2.45) is 0 Å². The van der Waals surface area contributed by atoms with Crippen molar-refractivity contribution in [1.82, 2.24) is 5.32 Å². The number of carbonyl (C=O) groups excluding carboxylic acids is 2. The quantitative estimate of drug-likeness (QED) is 0.495. The summed E-state index contributed by atoms with van der Waals surface area (Å²) < 4.78 is 15.8. The molecule has 0 fully saturated rings. The Balaban J connectivity index is 1.71. The molecule has 0 aromatic heterocycles. The summed E-state index contributed by atoms with van der Waals surface area (Å²) in [6.07, 6.45) is 0.152. The highest BCUT2D eigenvalue weighted by molar-refractivity contribution is 6.31. The Morgan fingerprint density at radius 1 is 0.963 bits per heavy atom. The van der Waals surface area contributed by atoms with Crippen LogP contribution >= 0.6 is 11.6 Å². The molecule has 2 aromatic rings. The number of nitrogens with one attached hydrogen (secondary N) is 1. The highest BCUT2D eigenvalue weighted by atomic mass is 35.5. The first-order valence-electron chi connectivity index (χ1n) is 8.43. The largest absolute Gasteiger partial charge is 0.497 e. The molecule has 7 heteroatoms. The van der Waals surface area contributed by atoms with Gasteiger partial charge >= 0.3 is 0 Å². The lowest BCUT2D eigenvalue weighted by atomic mass is 10.1. The molecular formula is C20H22ClNO5. The molecule has 0 saturated carbocycles. The molecule has 0 saturated heterocycles. The summed E-state index contributed by atoms with van der Waals surface area (Å²) >= 11 is 5.92. The number of benzene rings is 2. The molecule has 0 atom stereocenters. The van der Waals surface area contributed by atoms with Gasteiger partial charge in [0.15, 0.2) is 5.78 Å². The zero-order chi connectivity index (χ0) is 19.6. The summed E-state index contributed by atoms with van der Waals surface area (Å²) in [5.74, 6) is 1.46. The molecule has 144 valence electrons. The van der Waals surface area contributed by atoms with E-state index < -0.39 is 0 Å². The Morgan fingerprint density at radius 3 is 2.33 bits per heavy atom. The highest BCUT2D eigenvalue weighted by Gasteiger charge is 2.14. The minimum atomic E-state index is -0.220. The number of carbonyl (C=O) groups is 2. The smallest absolute Gasteiger partial charge is 0.220 e. The monoisotopic (exact) mass is 391 g/mol. The fourth-order valence-corrected chi connectivity index (χ4v) is 2.55. The van der Waals surface area contributed by atoms with Crippen LogP contribution in [0.5, 0.6) is 17.2 Å². The first kappa shape index (κ1) is 20.6. The van der Waals surface area contributed by atoms with Crippen molar-refractivity contribution in [3.05, 3.63) is 53.1 Å². The first-order valence-corrected chi connectivity index (χ1v) is 8.81. The van der Waals surface area contributed by atoms with Gasteiger partial charge in [-0.3, -0.25) is 9.59 Å². The molecule has 0 aliphatic rings. The molecule has 6 nitrogen and oxygen atoms in total. The normalized spacial score (nSPS) is 10.2. The van der Waals surface area contributed by atoms with E-state index in [0.717, 1.165) is 5.75 Å². The number of hydrogen-bond acceptors (Lipinski definition) is 5. The van der Waals surface area contributed by atoms with Gasteiger partial charge in [-0.2, -0.15) is 0 Å². The van der Waals surface area contributed by atoms with Gasteiger partial charge in [0.2, 0.25) is 5.91 Å². The summed E-state index contributed by atoms with van der Waals surface area (Å²) in [6, 6.07) is 12.0. The zero-order valence-corrected chi connectivity index (χ0v) is 16.0. The lowest BCUT2D eigenvalue weighted by Gasteiger charge is -2.09. The van der Waals surface area contributed by atoms with E-state index >= 15 is 0 Å². The first-order chi connectivity index (χ1) is 13.0. The maximum Gasteiger partial charge on any atom is 0.220 e. The second-order valence-electron chi connectivity index (χ2n) is 5.64. The van der Waals surface area contributed by atoms with E-state index in [9.17, 15) is 9.59 Å². The van der Waals surface area contributed by atoms with Gasteiger partial charge < -0.3 is 19.5 Å². The van der Waals surface area contributed by atoms with Crippen LogP contribution in [0, 0.1) is 0 Å². The fraction of sp³-hybridized carbons (Fsp3) is 0.300. The molecule has 0 spiro atoms. The second kappa shape index (κ2) is 10.4. The van der Waals surface area contributed by atoms with Gasteiger partial charge in [-0.1, -0.05) is 11.6 Å². The molecule has 2 aromatic carbocycles. The van der Waals surface area contributed by atoms with Crippen molar-refractivity contribution in [3.63, 3.8) is 0 Å². The van der Waals surface area contributed by atoms with Gasteiger partial charge in [-0.05, 0) is 42.5 Å². The van der Waals surface area contributed by atoms with E-state index in [4.69, 9.17) is 25.8 Å². The number of Topliss-reactive ketones (excluding diaryl/α,β-unsaturated/α-hetero) is 1. The third-order valence-corrected chi connectivity index (χ3v) is 4.03. The molecule has 1 N–H and O–H groups in total. The van der Waals surface area contributed by atoms with Crippen LogP contribution < -0.4 is 19.5 Å². The summed E-state index contributed by atoms with van der Waals surface area (Å²) in [4.78, 5) is 24.2. The van der Waals surface area contributed by atoms with E-state index in [2.05, 4.69) is 5.32 Å². The molecule has 0 radical (unpaired) electrons. The summed E-state index contributed by atoms with van der Waals surface area (Å²) in [6.45, 7) is 0.674. The van der Waals surface area contributed by atoms with E-state index in [0.29, 0.717) is 35.2 Å². The number of hydrogen-bond donors (Lipinski definition) is 1. The Morgan fingerprint density at radius 2 is 1.67 bits per heavy atom. The maximum atomic E-state index is 12.3. The Kier molecular flexibility index (Phi) is 7.95. The van der Waals surface area contributed by atoms with Crippen LogP contribution in [-0.2, 0) is 4.79 Å². The van der Waals surface area contributed by atoms with Crippen molar-refractivity contribution >= 4 is 23.3 Å². The van der Waals surface area contributed by atoms with Crippen molar-refractivity contribution in [3.8, 4) is 17.2 Å². The van der Waals surface area contributed by atoms with Gasteiger partial charge in [0, 0.05) is 17.9 Å². The molecule has 0 unspecified atom stereocenters. The van der Waals surface area contributed by atoms with Crippen LogP contribution in [0.15, 0.2) is 42.5 Å². The Hall–Kier alpha value is -2.73. The predicted molar refractivity (Wildman–Crippen MR) is 103 cm³/mol. The average Bonchev–Trinajstić information content (AvgIpc) is 2.69. The minimum absolute atomic E-state index is 0.0713. The average molecular weight is 392 g/mol. The van der Waals surface area contributed by atoms with Crippen LogP contribution in [0.3, 0.4) is 0 Å². The molecule has 0 heterocycles. The lowest BCUT2D eigenvalue weighted by molar-refractivity contribution is -0.121. The number of ketones is 1. The molecule has 2 rings (SSSR count). The maximum absolute atomic E-state index is 12.3. The summed E-state index contributed by atoms with van der Waals surface area (Å²) in [5.41, 5.74) is 0.376. The molecule has 0 aliphatic heterocycles. The van der Waals surface area contributed by atoms with E-state index in [1.165, 1.54) is 7.11 Å². The molecule has 27 heavy (non-hydrogen) atoms. The van der Waals surface area contributed by atoms with Crippen LogP contribution in [-0.4, -0.2) is 39.1 Å². The van der Waals surface area contributed by atoms with Gasteiger partial charge in [0.05, 0.1) is 26.3 Å². The summed E-state index contributed by atoms with van der Waals surface area (Å²) in [5, 5.41) is 3.17. The third-order valence-electron chi connectivity index (χ3n) is 3.79. The van der Waals surface area contributed by atoms with Crippen LogP contribution in [0.25, 0.3) is 0 Å². The number of halogens is 1. The Bertz CT molecular complexity index is 776. The van der Waals surface area contributed by atoms with E-state index in [-0.39, 0.29) is 24.5 Å². The molecule has 0 bridgehead atoms. The number of methoxy groups -OCH3 is 2. The topological polar surface area (TPSA) is 73.9 Å². The standard InChI is InChI=1S/C20H22ClNO5/c1-25-15-4-6-16(7-5-15)27-12-11-22-20(24)10-8-18(23)17-13-14(21)3-9-19(17)26-2/h3-7,9,13H,8,10-12H2,1-2H3,(H,22,24). The lowest BCUT2D eigenvalue weighted by Crippen LogP contribution is -2.28. The van der Waals surface area contributed by atoms with Crippen LogP contribution in [0.1, 0.15) is 23.2 Å². The van der Waals surface area contributed by atoms with Gasteiger partial charge in [-0.15, -0.1) is 0 Å². The zero-order valence-electron chi connectivity index (χ0n) is 15.3. The van der Waals surface area contributed by atoms with Crippen molar-refractivity contribution in [2.75, 3.05) is 27.4 Å². The van der Waals surface area contributed by atoms with E-state index in [1.807, 2.05) is 0 Å². The van der Waals surface area contributed by atoms with Gasteiger partial charge in [0.25, 0.3) is 0 Å². The highest BCUT2D eigenvalue weighted by Crippen LogP contribution is 2.24. The van der Waals surface area contributed by atoms with Crippen molar-refractivity contribution < 1.29 is 23.8 Å². The number of ether oxygens (including phenoxy) is 3. The van der Waals surface area contributed by atoms with Crippen LogP contribution in [0.4, 0.5) is 0 Å². The SMILES string of the molecule is COc1ccc(OCCNC(=O)CCC(=O)c2cc(Cl)ccc2OC)cc1. The molecule has 0 aliphatic carbocycles. The van der Waals surface area contributed by atoms with E-state index in [1.54, 1.807) is 49.6 Å². The summed E-state index contributed by atoms with van der Waals surface area (Å²) in [7, 11) is 3.08.